The Morgan fingerprint density at radius 1 is 1.40 bits per heavy atom. The van der Waals surface area contributed by atoms with Gasteiger partial charge >= 0.3 is 0 Å². The molecule has 0 aromatic carbocycles. The molecule has 2 amide bonds. The summed E-state index contributed by atoms with van der Waals surface area (Å²) < 4.78 is 0. The van der Waals surface area contributed by atoms with Crippen LogP contribution in [0.25, 0.3) is 10.6 Å². The summed E-state index contributed by atoms with van der Waals surface area (Å²) >= 11 is 3.00. The quantitative estimate of drug-likeness (QED) is 0.889. The third kappa shape index (κ3) is 3.43. The first-order valence-corrected chi connectivity index (χ1v) is 8.00. The molecule has 0 spiro atoms. The molecule has 2 rings (SSSR count). The number of carbonyl (C=O) groups is 2. The zero-order chi connectivity index (χ0) is 14.5. The molecule has 0 saturated carbocycles. The van der Waals surface area contributed by atoms with Gasteiger partial charge in [-0.15, -0.1) is 11.3 Å². The summed E-state index contributed by atoms with van der Waals surface area (Å²) in [5.74, 6) is -0.532. The number of thiophene rings is 1. The third-order valence-electron chi connectivity index (χ3n) is 2.60. The Bertz CT molecular complexity index is 593. The maximum absolute atomic E-state index is 12.0. The fourth-order valence-corrected chi connectivity index (χ4v) is 3.07. The van der Waals surface area contributed by atoms with Crippen molar-refractivity contribution < 1.29 is 9.59 Å². The number of aromatic nitrogens is 1. The highest BCUT2D eigenvalue weighted by Crippen LogP contribution is 2.25. The molecule has 20 heavy (non-hydrogen) atoms. The minimum absolute atomic E-state index is 0.200. The van der Waals surface area contributed by atoms with Crippen LogP contribution in [0.4, 0.5) is 0 Å². The van der Waals surface area contributed by atoms with Gasteiger partial charge < -0.3 is 10.6 Å². The van der Waals surface area contributed by atoms with E-state index in [-0.39, 0.29) is 11.8 Å². The summed E-state index contributed by atoms with van der Waals surface area (Å²) in [5.41, 5.74) is 1.35. The molecule has 106 valence electrons. The second kappa shape index (κ2) is 6.62. The van der Waals surface area contributed by atoms with E-state index in [0.717, 1.165) is 10.6 Å². The number of hydrogen-bond acceptors (Lipinski definition) is 5. The zero-order valence-electron chi connectivity index (χ0n) is 11.2. The number of nitrogens with zero attached hydrogens (tertiary/aromatic N) is 1. The number of carbonyl (C=O) groups excluding carboxylic acids is 2. The van der Waals surface area contributed by atoms with Crippen LogP contribution in [0.2, 0.25) is 0 Å². The summed E-state index contributed by atoms with van der Waals surface area (Å²) in [4.78, 5) is 27.9. The summed E-state index contributed by atoms with van der Waals surface area (Å²) in [5, 5.41) is 11.8. The van der Waals surface area contributed by atoms with Crippen LogP contribution in [-0.2, 0) is 4.79 Å². The molecular weight excluding hydrogens is 294 g/mol. The highest BCUT2D eigenvalue weighted by molar-refractivity contribution is 7.14. The van der Waals surface area contributed by atoms with E-state index in [1.807, 2.05) is 23.8 Å². The van der Waals surface area contributed by atoms with Gasteiger partial charge in [0, 0.05) is 22.9 Å². The first kappa shape index (κ1) is 14.7. The van der Waals surface area contributed by atoms with Crippen molar-refractivity contribution in [2.75, 3.05) is 6.54 Å². The molecule has 0 aliphatic heterocycles. The molecule has 2 heterocycles. The third-order valence-corrected chi connectivity index (χ3v) is 4.17. The topological polar surface area (TPSA) is 71.1 Å². The van der Waals surface area contributed by atoms with Gasteiger partial charge in [-0.25, -0.2) is 4.98 Å². The molecule has 2 N–H and O–H groups in total. The Balaban J connectivity index is 2.01. The van der Waals surface area contributed by atoms with E-state index in [1.165, 1.54) is 11.3 Å². The van der Waals surface area contributed by atoms with Gasteiger partial charge in [0.2, 0.25) is 5.91 Å². The number of thiazole rings is 1. The lowest BCUT2D eigenvalue weighted by Crippen LogP contribution is -2.44. The summed E-state index contributed by atoms with van der Waals surface area (Å²) in [6, 6.07) is 1.39. The van der Waals surface area contributed by atoms with Crippen molar-refractivity contribution in [3.63, 3.8) is 0 Å². The van der Waals surface area contributed by atoms with Gasteiger partial charge in [0.25, 0.3) is 5.91 Å². The molecular formula is C13H15N3O2S2. The number of nitrogens with one attached hydrogen (secondary N) is 2. The molecule has 0 fully saturated rings. The van der Waals surface area contributed by atoms with Gasteiger partial charge in [-0.2, -0.15) is 11.3 Å². The first-order valence-electron chi connectivity index (χ1n) is 6.18. The standard InChI is InChI=1S/C13H15N3O2S2/c1-3-14-11(17)8(2)15-12(18)10-7-20-13(16-10)9-4-5-19-6-9/h4-8H,3H2,1-2H3,(H,14,17)(H,15,18)/t8-/m0/s1. The lowest BCUT2D eigenvalue weighted by molar-refractivity contribution is -0.122. The van der Waals surface area contributed by atoms with Crippen LogP contribution in [0, 0.1) is 0 Å². The van der Waals surface area contributed by atoms with E-state index in [1.54, 1.807) is 23.6 Å². The van der Waals surface area contributed by atoms with E-state index >= 15 is 0 Å². The largest absolute Gasteiger partial charge is 0.355 e. The van der Waals surface area contributed by atoms with Crippen LogP contribution < -0.4 is 10.6 Å². The highest BCUT2D eigenvalue weighted by atomic mass is 32.1. The molecule has 0 bridgehead atoms. The first-order chi connectivity index (χ1) is 9.61. The normalized spacial score (nSPS) is 11.9. The second-order valence-corrected chi connectivity index (χ2v) is 5.78. The Morgan fingerprint density at radius 3 is 2.85 bits per heavy atom. The van der Waals surface area contributed by atoms with Crippen LogP contribution >= 0.6 is 22.7 Å². The molecule has 0 saturated heterocycles. The highest BCUT2D eigenvalue weighted by Gasteiger charge is 2.18. The van der Waals surface area contributed by atoms with Gasteiger partial charge in [-0.1, -0.05) is 0 Å². The SMILES string of the molecule is CCNC(=O)[C@H](C)NC(=O)c1csc(-c2ccsc2)n1. The van der Waals surface area contributed by atoms with Crippen molar-refractivity contribution in [1.82, 2.24) is 15.6 Å². The average Bonchev–Trinajstić information content (AvgIpc) is 3.09. The molecule has 0 radical (unpaired) electrons. The predicted molar refractivity (Wildman–Crippen MR) is 81.0 cm³/mol. The number of amides is 2. The van der Waals surface area contributed by atoms with E-state index in [9.17, 15) is 9.59 Å². The van der Waals surface area contributed by atoms with Gasteiger partial charge in [-0.3, -0.25) is 9.59 Å². The van der Waals surface area contributed by atoms with Crippen molar-refractivity contribution >= 4 is 34.5 Å². The van der Waals surface area contributed by atoms with Gasteiger partial charge in [0.1, 0.15) is 16.7 Å². The summed E-state index contributed by atoms with van der Waals surface area (Å²) in [6.07, 6.45) is 0. The van der Waals surface area contributed by atoms with Crippen molar-refractivity contribution in [1.29, 1.82) is 0 Å². The number of rotatable bonds is 5. The average molecular weight is 309 g/mol. The molecule has 0 aliphatic rings. The molecule has 7 heteroatoms. The molecule has 1 atom stereocenters. The molecule has 0 unspecified atom stereocenters. The van der Waals surface area contributed by atoms with Gasteiger partial charge in [-0.05, 0) is 25.3 Å². The lowest BCUT2D eigenvalue weighted by atomic mass is 10.3. The minimum atomic E-state index is -0.575. The van der Waals surface area contributed by atoms with Crippen molar-refractivity contribution in [2.24, 2.45) is 0 Å². The van der Waals surface area contributed by atoms with Crippen LogP contribution in [0.5, 0.6) is 0 Å². The molecule has 5 nitrogen and oxygen atoms in total. The summed E-state index contributed by atoms with van der Waals surface area (Å²) in [6.45, 7) is 4.02. The smallest absolute Gasteiger partial charge is 0.271 e. The Morgan fingerprint density at radius 2 is 2.20 bits per heavy atom. The van der Waals surface area contributed by atoms with E-state index < -0.39 is 6.04 Å². The zero-order valence-corrected chi connectivity index (χ0v) is 12.8. The second-order valence-electron chi connectivity index (χ2n) is 4.14. The number of likely N-dealkylation sites (N-methyl/N-ethyl adjacent to an activating group) is 1. The number of hydrogen-bond donors (Lipinski definition) is 2. The van der Waals surface area contributed by atoms with E-state index in [0.29, 0.717) is 12.2 Å². The molecule has 0 aliphatic carbocycles. The van der Waals surface area contributed by atoms with E-state index in [2.05, 4.69) is 15.6 Å². The Hall–Kier alpha value is -1.73. The molecule has 2 aromatic heterocycles. The maximum atomic E-state index is 12.0. The van der Waals surface area contributed by atoms with E-state index in [4.69, 9.17) is 0 Å². The van der Waals surface area contributed by atoms with Gasteiger partial charge in [0.15, 0.2) is 0 Å². The van der Waals surface area contributed by atoms with Crippen molar-refractivity contribution in [3.8, 4) is 10.6 Å². The van der Waals surface area contributed by atoms with Crippen LogP contribution in [0.3, 0.4) is 0 Å². The van der Waals surface area contributed by atoms with Crippen LogP contribution in [0.15, 0.2) is 22.2 Å². The van der Waals surface area contributed by atoms with Crippen molar-refractivity contribution in [3.05, 3.63) is 27.9 Å². The fraction of sp³-hybridized carbons (Fsp3) is 0.308. The van der Waals surface area contributed by atoms with Crippen LogP contribution in [-0.4, -0.2) is 29.4 Å². The van der Waals surface area contributed by atoms with Gasteiger partial charge in [0.05, 0.1) is 0 Å². The lowest BCUT2D eigenvalue weighted by Gasteiger charge is -2.12. The monoisotopic (exact) mass is 309 g/mol. The van der Waals surface area contributed by atoms with Crippen LogP contribution in [0.1, 0.15) is 24.3 Å². The predicted octanol–water partition coefficient (Wildman–Crippen LogP) is 2.13. The maximum Gasteiger partial charge on any atom is 0.271 e. The summed E-state index contributed by atoms with van der Waals surface area (Å²) in [7, 11) is 0. The Labute approximate surface area is 125 Å². The van der Waals surface area contributed by atoms with Crippen molar-refractivity contribution in [2.45, 2.75) is 19.9 Å². The molecule has 2 aromatic rings. The fourth-order valence-electron chi connectivity index (χ4n) is 1.56. The Kier molecular flexibility index (Phi) is 4.86. The minimum Gasteiger partial charge on any atom is -0.355 e.